The van der Waals surface area contributed by atoms with Gasteiger partial charge in [-0.3, -0.25) is 9.59 Å². The Morgan fingerprint density at radius 3 is 2.78 bits per heavy atom. The third-order valence-electron chi connectivity index (χ3n) is 6.69. The molecule has 10 nitrogen and oxygen atoms in total. The molecule has 1 aromatic carbocycles. The van der Waals surface area contributed by atoms with Gasteiger partial charge in [-0.05, 0) is 61.3 Å². The van der Waals surface area contributed by atoms with E-state index in [1.807, 2.05) is 0 Å². The Morgan fingerprint density at radius 1 is 1.22 bits per heavy atom. The van der Waals surface area contributed by atoms with Crippen LogP contribution in [0.1, 0.15) is 36.1 Å². The highest BCUT2D eigenvalue weighted by Gasteiger charge is 2.38. The van der Waals surface area contributed by atoms with Crippen LogP contribution in [-0.4, -0.2) is 63.1 Å². The molecule has 0 bridgehead atoms. The molecule has 2 aliphatic rings. The fourth-order valence-electron chi connectivity index (χ4n) is 4.89. The van der Waals surface area contributed by atoms with Gasteiger partial charge in [-0.1, -0.05) is 29.3 Å². The highest BCUT2D eigenvalue weighted by atomic mass is 35.5. The van der Waals surface area contributed by atoms with Gasteiger partial charge in [-0.25, -0.2) is 14.8 Å². The van der Waals surface area contributed by atoms with Crippen LogP contribution in [0.15, 0.2) is 24.4 Å². The van der Waals surface area contributed by atoms with Crippen LogP contribution in [0, 0.1) is 5.92 Å². The predicted octanol–water partition coefficient (Wildman–Crippen LogP) is 2.46. The fourth-order valence-corrected chi connectivity index (χ4v) is 5.21. The van der Waals surface area contributed by atoms with Crippen LogP contribution in [-0.2, 0) is 28.9 Å². The molecular weight excluding hydrogens is 507 g/mol. The number of nitrogens with one attached hydrogen (secondary N) is 2. The van der Waals surface area contributed by atoms with Gasteiger partial charge < -0.3 is 26.4 Å². The molecule has 4 rings (SSSR count). The highest BCUT2D eigenvalue weighted by Crippen LogP contribution is 2.26. The molecule has 2 aromatic rings. The van der Waals surface area contributed by atoms with Gasteiger partial charge in [0.1, 0.15) is 12.1 Å². The maximum absolute atomic E-state index is 13.4. The lowest BCUT2D eigenvalue weighted by Gasteiger charge is -2.29. The number of carbonyl (C=O) groups is 3. The maximum Gasteiger partial charge on any atom is 0.405 e. The van der Waals surface area contributed by atoms with Crippen molar-refractivity contribution < 1.29 is 19.5 Å². The molecule has 1 aromatic heterocycles. The molecular formula is C24H28Cl2N6O4. The highest BCUT2D eigenvalue weighted by molar-refractivity contribution is 6.42. The SMILES string of the molecule is Nc1ncc2c(n1)CCC(CNC(=O)[C@@H]1CCCN1C(=O)[C@@H](Cc1ccc(Cl)c(Cl)c1)NC(=O)O)C2. The van der Waals surface area contributed by atoms with Crippen LogP contribution < -0.4 is 16.4 Å². The van der Waals surface area contributed by atoms with Crippen LogP contribution >= 0.6 is 23.2 Å². The van der Waals surface area contributed by atoms with E-state index in [2.05, 4.69) is 20.6 Å². The minimum absolute atomic E-state index is 0.0843. The second-order valence-corrected chi connectivity index (χ2v) is 10.0. The number of hydrogen-bond acceptors (Lipinski definition) is 6. The first-order chi connectivity index (χ1) is 17.2. The summed E-state index contributed by atoms with van der Waals surface area (Å²) in [5.74, 6) is -0.178. The van der Waals surface area contributed by atoms with Crippen molar-refractivity contribution in [1.82, 2.24) is 25.5 Å². The van der Waals surface area contributed by atoms with Gasteiger partial charge in [0.2, 0.25) is 17.8 Å². The summed E-state index contributed by atoms with van der Waals surface area (Å²) in [6.45, 7) is 0.854. The van der Waals surface area contributed by atoms with Crippen molar-refractivity contribution in [2.75, 3.05) is 18.8 Å². The number of carboxylic acid groups (broad SMARTS) is 1. The zero-order valence-electron chi connectivity index (χ0n) is 19.5. The molecule has 36 heavy (non-hydrogen) atoms. The van der Waals surface area contributed by atoms with E-state index < -0.39 is 24.1 Å². The number of benzene rings is 1. The number of aryl methyl sites for hydroxylation is 1. The van der Waals surface area contributed by atoms with E-state index in [1.54, 1.807) is 24.4 Å². The Morgan fingerprint density at radius 2 is 2.03 bits per heavy atom. The molecule has 1 unspecified atom stereocenters. The molecule has 2 heterocycles. The molecule has 192 valence electrons. The molecule has 1 saturated heterocycles. The van der Waals surface area contributed by atoms with Crippen molar-refractivity contribution in [1.29, 1.82) is 0 Å². The third kappa shape index (κ3) is 6.17. The van der Waals surface area contributed by atoms with E-state index in [9.17, 15) is 19.5 Å². The van der Waals surface area contributed by atoms with Gasteiger partial charge >= 0.3 is 6.09 Å². The van der Waals surface area contributed by atoms with Crippen LogP contribution in [0.2, 0.25) is 10.0 Å². The normalized spacial score (nSPS) is 19.9. The van der Waals surface area contributed by atoms with Crippen LogP contribution in [0.3, 0.4) is 0 Å². The van der Waals surface area contributed by atoms with Gasteiger partial charge in [-0.15, -0.1) is 0 Å². The van der Waals surface area contributed by atoms with Crippen molar-refractivity contribution in [3.63, 3.8) is 0 Å². The van der Waals surface area contributed by atoms with E-state index in [0.29, 0.717) is 41.5 Å². The molecule has 3 atom stereocenters. The number of hydrogen-bond donors (Lipinski definition) is 4. The summed E-state index contributed by atoms with van der Waals surface area (Å²) in [5, 5.41) is 15.3. The Kier molecular flexibility index (Phi) is 8.15. The van der Waals surface area contributed by atoms with Crippen molar-refractivity contribution in [2.45, 2.75) is 50.6 Å². The Bertz CT molecular complexity index is 1160. The molecule has 0 spiro atoms. The second kappa shape index (κ2) is 11.3. The first kappa shape index (κ1) is 26.0. The molecule has 1 aliphatic carbocycles. The molecule has 1 fully saturated rings. The third-order valence-corrected chi connectivity index (χ3v) is 7.43. The summed E-state index contributed by atoms with van der Waals surface area (Å²) in [6, 6.07) is 3.18. The number of amides is 3. The van der Waals surface area contributed by atoms with Crippen molar-refractivity contribution in [3.8, 4) is 0 Å². The van der Waals surface area contributed by atoms with Crippen molar-refractivity contribution in [2.24, 2.45) is 5.92 Å². The summed E-state index contributed by atoms with van der Waals surface area (Å²) >= 11 is 12.0. The number of nitrogens with zero attached hydrogens (tertiary/aromatic N) is 3. The standard InChI is InChI=1S/C24H28Cl2N6O4/c25-16-5-3-13(9-17(16)26)10-19(31-24(35)36)22(34)32-7-1-2-20(32)21(33)28-11-14-4-6-18-15(8-14)12-29-23(27)30-18/h3,5,9,12,14,19-20,31H,1-2,4,6-8,10-11H2,(H,28,33)(H,35,36)(H2,27,29,30)/t14?,19-,20+/m1/s1. The zero-order valence-corrected chi connectivity index (χ0v) is 21.1. The largest absolute Gasteiger partial charge is 0.465 e. The van der Waals surface area contributed by atoms with E-state index in [1.165, 1.54) is 4.90 Å². The van der Waals surface area contributed by atoms with Crippen molar-refractivity contribution in [3.05, 3.63) is 51.3 Å². The minimum atomic E-state index is -1.32. The van der Waals surface area contributed by atoms with Gasteiger partial charge in [0.05, 0.1) is 10.0 Å². The zero-order chi connectivity index (χ0) is 25.8. The van der Waals surface area contributed by atoms with Crippen LogP contribution in [0.4, 0.5) is 10.7 Å². The van der Waals surface area contributed by atoms with E-state index >= 15 is 0 Å². The summed E-state index contributed by atoms with van der Waals surface area (Å²) < 4.78 is 0. The fraction of sp³-hybridized carbons (Fsp3) is 0.458. The van der Waals surface area contributed by atoms with E-state index in [0.717, 1.165) is 30.5 Å². The summed E-state index contributed by atoms with van der Waals surface area (Å²) in [4.78, 5) is 47.7. The number of carbonyl (C=O) groups excluding carboxylic acids is 2. The second-order valence-electron chi connectivity index (χ2n) is 9.20. The van der Waals surface area contributed by atoms with Gasteiger partial charge in [0.15, 0.2) is 0 Å². The van der Waals surface area contributed by atoms with Gasteiger partial charge in [0.25, 0.3) is 0 Å². The lowest BCUT2D eigenvalue weighted by Crippen LogP contribution is -2.54. The Labute approximate surface area is 218 Å². The average Bonchev–Trinajstić information content (AvgIpc) is 3.33. The lowest BCUT2D eigenvalue weighted by atomic mass is 9.87. The number of nitrogens with two attached hydrogens (primary N) is 1. The number of anilines is 1. The van der Waals surface area contributed by atoms with Crippen LogP contribution in [0.25, 0.3) is 0 Å². The van der Waals surface area contributed by atoms with Crippen LogP contribution in [0.5, 0.6) is 0 Å². The van der Waals surface area contributed by atoms with Gasteiger partial charge in [0, 0.05) is 31.4 Å². The summed E-state index contributed by atoms with van der Waals surface area (Å²) in [6.07, 6.45) is 4.07. The number of halogens is 2. The smallest absolute Gasteiger partial charge is 0.405 e. The molecule has 0 saturated carbocycles. The number of fused-ring (bicyclic) bond motifs is 1. The molecule has 12 heteroatoms. The monoisotopic (exact) mass is 534 g/mol. The van der Waals surface area contributed by atoms with E-state index in [-0.39, 0.29) is 24.2 Å². The molecule has 0 radical (unpaired) electrons. The lowest BCUT2D eigenvalue weighted by molar-refractivity contribution is -0.140. The number of nitrogen functional groups attached to an aromatic ring is 1. The van der Waals surface area contributed by atoms with Crippen molar-refractivity contribution >= 4 is 47.1 Å². The molecule has 1 aliphatic heterocycles. The first-order valence-corrected chi connectivity index (χ1v) is 12.6. The topological polar surface area (TPSA) is 151 Å². The number of likely N-dealkylation sites (tertiary alicyclic amines) is 1. The first-order valence-electron chi connectivity index (χ1n) is 11.8. The minimum Gasteiger partial charge on any atom is -0.465 e. The number of rotatable bonds is 7. The predicted molar refractivity (Wildman–Crippen MR) is 135 cm³/mol. The molecule has 5 N–H and O–H groups in total. The average molecular weight is 535 g/mol. The van der Waals surface area contributed by atoms with Gasteiger partial charge in [-0.2, -0.15) is 0 Å². The Balaban J connectivity index is 1.38. The summed E-state index contributed by atoms with van der Waals surface area (Å²) in [7, 11) is 0. The number of aromatic nitrogens is 2. The summed E-state index contributed by atoms with van der Waals surface area (Å²) in [5.41, 5.74) is 8.31. The maximum atomic E-state index is 13.4. The van der Waals surface area contributed by atoms with E-state index in [4.69, 9.17) is 28.9 Å². The quantitative estimate of drug-likeness (QED) is 0.425. The molecule has 3 amide bonds. The Hall–Kier alpha value is -3.11.